The topological polar surface area (TPSA) is 66.0 Å². The SMILES string of the molecule is CN(C)CCNc1nc(Nc2ccccc2F)cc(-c2ccncc2)n1. The number of benzene rings is 1. The van der Waals surface area contributed by atoms with Crippen LogP contribution in [0.3, 0.4) is 0 Å². The molecule has 0 bridgehead atoms. The van der Waals surface area contributed by atoms with Crippen molar-refractivity contribution in [3.8, 4) is 11.3 Å². The van der Waals surface area contributed by atoms with Crippen molar-refractivity contribution < 1.29 is 4.39 Å². The number of hydrogen-bond acceptors (Lipinski definition) is 6. The van der Waals surface area contributed by atoms with E-state index in [1.54, 1.807) is 36.7 Å². The Hall–Kier alpha value is -3.06. The average molecular weight is 352 g/mol. The third-order valence-electron chi connectivity index (χ3n) is 3.68. The fourth-order valence-corrected chi connectivity index (χ4v) is 2.35. The molecule has 3 aromatic rings. The average Bonchev–Trinajstić information content (AvgIpc) is 2.64. The van der Waals surface area contributed by atoms with Gasteiger partial charge in [-0.15, -0.1) is 0 Å². The molecule has 134 valence electrons. The second-order valence-electron chi connectivity index (χ2n) is 6.03. The number of pyridine rings is 1. The zero-order chi connectivity index (χ0) is 18.4. The van der Waals surface area contributed by atoms with Gasteiger partial charge in [-0.05, 0) is 38.4 Å². The minimum atomic E-state index is -0.335. The molecule has 0 unspecified atom stereocenters. The molecule has 0 saturated heterocycles. The van der Waals surface area contributed by atoms with Gasteiger partial charge in [-0.25, -0.2) is 9.37 Å². The minimum absolute atomic E-state index is 0.335. The normalized spacial score (nSPS) is 10.8. The Labute approximate surface area is 152 Å². The molecule has 2 heterocycles. The smallest absolute Gasteiger partial charge is 0.225 e. The van der Waals surface area contributed by atoms with Crippen molar-refractivity contribution in [2.45, 2.75) is 0 Å². The first-order valence-corrected chi connectivity index (χ1v) is 8.31. The molecule has 6 nitrogen and oxygen atoms in total. The Morgan fingerprint density at radius 3 is 2.54 bits per heavy atom. The molecule has 0 aliphatic carbocycles. The van der Waals surface area contributed by atoms with Crippen molar-refractivity contribution in [2.75, 3.05) is 37.8 Å². The van der Waals surface area contributed by atoms with Gasteiger partial charge in [0.2, 0.25) is 5.95 Å². The van der Waals surface area contributed by atoms with Crippen molar-refractivity contribution in [2.24, 2.45) is 0 Å². The minimum Gasteiger partial charge on any atom is -0.353 e. The van der Waals surface area contributed by atoms with E-state index in [0.717, 1.165) is 17.8 Å². The van der Waals surface area contributed by atoms with E-state index in [9.17, 15) is 4.39 Å². The van der Waals surface area contributed by atoms with Crippen molar-refractivity contribution in [3.63, 3.8) is 0 Å². The number of rotatable bonds is 7. The Bertz CT molecular complexity index is 854. The summed E-state index contributed by atoms with van der Waals surface area (Å²) in [6.45, 7) is 1.55. The highest BCUT2D eigenvalue weighted by atomic mass is 19.1. The number of likely N-dealkylation sites (N-methyl/N-ethyl adjacent to an activating group) is 1. The van der Waals surface area contributed by atoms with Crippen molar-refractivity contribution in [3.05, 3.63) is 60.7 Å². The summed E-state index contributed by atoms with van der Waals surface area (Å²) >= 11 is 0. The van der Waals surface area contributed by atoms with Gasteiger partial charge in [-0.2, -0.15) is 4.98 Å². The van der Waals surface area contributed by atoms with Crippen LogP contribution in [0, 0.1) is 5.82 Å². The molecular formula is C19H21FN6. The van der Waals surface area contributed by atoms with E-state index in [2.05, 4.69) is 30.5 Å². The van der Waals surface area contributed by atoms with Crippen molar-refractivity contribution in [1.82, 2.24) is 19.9 Å². The van der Waals surface area contributed by atoms with Gasteiger partial charge in [0, 0.05) is 37.1 Å². The van der Waals surface area contributed by atoms with Gasteiger partial charge in [-0.3, -0.25) is 4.98 Å². The summed E-state index contributed by atoms with van der Waals surface area (Å²) in [7, 11) is 4.00. The van der Waals surface area contributed by atoms with Crippen molar-refractivity contribution in [1.29, 1.82) is 0 Å². The first-order chi connectivity index (χ1) is 12.6. The van der Waals surface area contributed by atoms with Crippen LogP contribution in [0.1, 0.15) is 0 Å². The van der Waals surface area contributed by atoms with E-state index < -0.39 is 0 Å². The molecule has 7 heteroatoms. The summed E-state index contributed by atoms with van der Waals surface area (Å²) < 4.78 is 14.0. The van der Waals surface area contributed by atoms with Gasteiger partial charge < -0.3 is 15.5 Å². The monoisotopic (exact) mass is 352 g/mol. The van der Waals surface area contributed by atoms with Crippen LogP contribution in [-0.4, -0.2) is 47.0 Å². The molecule has 1 aromatic carbocycles. The van der Waals surface area contributed by atoms with Gasteiger partial charge in [0.1, 0.15) is 11.6 Å². The number of anilines is 3. The number of nitrogens with one attached hydrogen (secondary N) is 2. The fraction of sp³-hybridized carbons (Fsp3) is 0.211. The molecule has 0 saturated carbocycles. The third kappa shape index (κ3) is 4.73. The highest BCUT2D eigenvalue weighted by Gasteiger charge is 2.09. The van der Waals surface area contributed by atoms with Crippen LogP contribution >= 0.6 is 0 Å². The van der Waals surface area contributed by atoms with Crippen LogP contribution in [0.4, 0.5) is 21.8 Å². The lowest BCUT2D eigenvalue weighted by molar-refractivity contribution is 0.425. The molecule has 3 rings (SSSR count). The maximum atomic E-state index is 14.0. The highest BCUT2D eigenvalue weighted by Crippen LogP contribution is 2.24. The first-order valence-electron chi connectivity index (χ1n) is 8.31. The number of halogens is 1. The molecule has 0 amide bonds. The van der Waals surface area contributed by atoms with Crippen LogP contribution in [-0.2, 0) is 0 Å². The number of hydrogen-bond donors (Lipinski definition) is 2. The summed E-state index contributed by atoms with van der Waals surface area (Å²) in [6.07, 6.45) is 3.42. The molecule has 0 aliphatic rings. The van der Waals surface area contributed by atoms with Crippen LogP contribution in [0.25, 0.3) is 11.3 Å². The van der Waals surface area contributed by atoms with E-state index in [1.165, 1.54) is 6.07 Å². The van der Waals surface area contributed by atoms with Gasteiger partial charge in [-0.1, -0.05) is 12.1 Å². The molecule has 2 aromatic heterocycles. The van der Waals surface area contributed by atoms with Gasteiger partial charge in [0.15, 0.2) is 0 Å². The molecule has 0 atom stereocenters. The molecule has 26 heavy (non-hydrogen) atoms. The second kappa shape index (κ2) is 8.35. The number of para-hydroxylation sites is 1. The standard InChI is InChI=1S/C19H21FN6/c1-26(2)12-11-22-19-24-17(14-7-9-21-10-8-14)13-18(25-19)23-16-6-4-3-5-15(16)20/h3-10,13H,11-12H2,1-2H3,(H2,22,23,24,25). The number of aromatic nitrogens is 3. The number of nitrogens with zero attached hydrogens (tertiary/aromatic N) is 4. The Morgan fingerprint density at radius 2 is 1.81 bits per heavy atom. The van der Waals surface area contributed by atoms with Crippen LogP contribution in [0.5, 0.6) is 0 Å². The molecule has 0 aliphatic heterocycles. The van der Waals surface area contributed by atoms with Crippen LogP contribution < -0.4 is 10.6 Å². The summed E-state index contributed by atoms with van der Waals surface area (Å²) in [5.74, 6) is 0.669. The van der Waals surface area contributed by atoms with E-state index >= 15 is 0 Å². The van der Waals surface area contributed by atoms with E-state index in [4.69, 9.17) is 0 Å². The van der Waals surface area contributed by atoms with Crippen LogP contribution in [0.2, 0.25) is 0 Å². The molecule has 0 fully saturated rings. The Morgan fingerprint density at radius 1 is 1.04 bits per heavy atom. The predicted molar refractivity (Wildman–Crippen MR) is 102 cm³/mol. The van der Waals surface area contributed by atoms with Gasteiger partial charge >= 0.3 is 0 Å². The molecule has 2 N–H and O–H groups in total. The summed E-state index contributed by atoms with van der Waals surface area (Å²) in [4.78, 5) is 15.1. The lowest BCUT2D eigenvalue weighted by Crippen LogP contribution is -2.21. The van der Waals surface area contributed by atoms with Gasteiger partial charge in [0.05, 0.1) is 11.4 Å². The predicted octanol–water partition coefficient (Wildman–Crippen LogP) is 3.39. The Balaban J connectivity index is 1.90. The fourth-order valence-electron chi connectivity index (χ4n) is 2.35. The second-order valence-corrected chi connectivity index (χ2v) is 6.03. The maximum Gasteiger partial charge on any atom is 0.225 e. The zero-order valence-corrected chi connectivity index (χ0v) is 14.8. The lowest BCUT2D eigenvalue weighted by atomic mass is 10.2. The molecular weight excluding hydrogens is 331 g/mol. The van der Waals surface area contributed by atoms with Gasteiger partial charge in [0.25, 0.3) is 0 Å². The third-order valence-corrected chi connectivity index (χ3v) is 3.68. The van der Waals surface area contributed by atoms with Crippen molar-refractivity contribution >= 4 is 17.5 Å². The zero-order valence-electron chi connectivity index (χ0n) is 14.8. The molecule has 0 spiro atoms. The van der Waals surface area contributed by atoms with E-state index in [1.807, 2.05) is 26.2 Å². The van der Waals surface area contributed by atoms with E-state index in [-0.39, 0.29) is 5.82 Å². The Kier molecular flexibility index (Phi) is 5.70. The summed E-state index contributed by atoms with van der Waals surface area (Å²) in [5, 5.41) is 6.24. The van der Waals surface area contributed by atoms with Crippen LogP contribution in [0.15, 0.2) is 54.9 Å². The maximum absolute atomic E-state index is 14.0. The molecule has 0 radical (unpaired) electrons. The lowest BCUT2D eigenvalue weighted by Gasteiger charge is -2.13. The summed E-state index contributed by atoms with van der Waals surface area (Å²) in [5.41, 5.74) is 2.01. The highest BCUT2D eigenvalue weighted by molar-refractivity contribution is 5.67. The quantitative estimate of drug-likeness (QED) is 0.679. The summed E-state index contributed by atoms with van der Waals surface area (Å²) in [6, 6.07) is 12.0. The van der Waals surface area contributed by atoms with E-state index in [0.29, 0.717) is 24.0 Å². The first kappa shape index (κ1) is 17.8. The largest absolute Gasteiger partial charge is 0.353 e.